The minimum Gasteiger partial charge on any atom is -0.393 e. The predicted octanol–water partition coefficient (Wildman–Crippen LogP) is 3.93. The van der Waals surface area contributed by atoms with Gasteiger partial charge in [-0.05, 0) is 70.3 Å². The van der Waals surface area contributed by atoms with Crippen molar-refractivity contribution in [1.29, 1.82) is 0 Å². The third-order valence-corrected chi connectivity index (χ3v) is 9.77. The van der Waals surface area contributed by atoms with Crippen LogP contribution in [0.2, 0.25) is 0 Å². The molecule has 0 saturated heterocycles. The highest BCUT2D eigenvalue weighted by molar-refractivity contribution is 7.90. The fourth-order valence-electron chi connectivity index (χ4n) is 4.68. The van der Waals surface area contributed by atoms with E-state index in [1.54, 1.807) is 18.5 Å². The van der Waals surface area contributed by atoms with Crippen molar-refractivity contribution in [2.24, 2.45) is 11.3 Å². The molecule has 6 rings (SSSR count). The summed E-state index contributed by atoms with van der Waals surface area (Å²) in [5.41, 5.74) is 2.40. The number of hydrogen-bond donors (Lipinski definition) is 3. The smallest absolute Gasteiger partial charge is 0.256 e. The lowest BCUT2D eigenvalue weighted by Crippen LogP contribution is -2.23. The summed E-state index contributed by atoms with van der Waals surface area (Å²) in [7, 11) is -3.45. The lowest BCUT2D eigenvalue weighted by Gasteiger charge is -2.26. The van der Waals surface area contributed by atoms with E-state index in [0.29, 0.717) is 41.8 Å². The van der Waals surface area contributed by atoms with Crippen LogP contribution in [0, 0.1) is 23.2 Å². The Morgan fingerprint density at radius 3 is 2.64 bits per heavy atom. The predicted molar refractivity (Wildman–Crippen MR) is 149 cm³/mol. The molecule has 3 heterocycles. The van der Waals surface area contributed by atoms with E-state index >= 15 is 0 Å². The molecule has 0 aliphatic heterocycles. The van der Waals surface area contributed by atoms with Crippen LogP contribution in [0.15, 0.2) is 36.9 Å². The molecule has 11 heteroatoms. The van der Waals surface area contributed by atoms with Gasteiger partial charge in [0.25, 0.3) is 10.0 Å². The molecule has 0 spiro atoms. The second-order valence-corrected chi connectivity index (χ2v) is 13.3. The van der Waals surface area contributed by atoms with E-state index in [4.69, 9.17) is 0 Å². The molecule has 204 valence electrons. The molecular weight excluding hydrogens is 514 g/mol. The molecule has 39 heavy (non-hydrogen) atoms. The SMILES string of the molecule is CC1(C#Cc2cnc(Nc3ccnc(-c4cnn(S(=O)(=O)C5CC5)c4)n3)cc2NC[C@H]2CC[C@H](O)CC2)CC1. The van der Waals surface area contributed by atoms with Crippen LogP contribution in [-0.2, 0) is 10.0 Å². The summed E-state index contributed by atoms with van der Waals surface area (Å²) in [4.78, 5) is 13.5. The van der Waals surface area contributed by atoms with E-state index in [1.165, 1.54) is 12.4 Å². The highest BCUT2D eigenvalue weighted by atomic mass is 32.2. The van der Waals surface area contributed by atoms with Crippen LogP contribution in [0.25, 0.3) is 11.4 Å². The average Bonchev–Trinajstić information content (AvgIpc) is 3.86. The first-order valence-electron chi connectivity index (χ1n) is 13.6. The van der Waals surface area contributed by atoms with E-state index in [-0.39, 0.29) is 16.8 Å². The van der Waals surface area contributed by atoms with E-state index in [1.807, 2.05) is 6.07 Å². The monoisotopic (exact) mass is 547 g/mol. The second-order valence-electron chi connectivity index (χ2n) is 11.2. The number of hydrogen-bond acceptors (Lipinski definition) is 9. The topological polar surface area (TPSA) is 135 Å². The van der Waals surface area contributed by atoms with E-state index in [0.717, 1.165) is 60.4 Å². The lowest BCUT2D eigenvalue weighted by molar-refractivity contribution is 0.111. The molecule has 0 aromatic carbocycles. The van der Waals surface area contributed by atoms with Gasteiger partial charge in [0, 0.05) is 30.4 Å². The Hall–Kier alpha value is -3.49. The summed E-state index contributed by atoms with van der Waals surface area (Å²) < 4.78 is 26.0. The van der Waals surface area contributed by atoms with Crippen LogP contribution in [0.5, 0.6) is 0 Å². The minimum atomic E-state index is -3.45. The number of rotatable bonds is 8. The molecule has 0 atom stereocenters. The largest absolute Gasteiger partial charge is 0.393 e. The van der Waals surface area contributed by atoms with Crippen LogP contribution >= 0.6 is 0 Å². The van der Waals surface area contributed by atoms with Gasteiger partial charge in [0.15, 0.2) is 5.82 Å². The van der Waals surface area contributed by atoms with Gasteiger partial charge in [-0.15, -0.1) is 0 Å². The van der Waals surface area contributed by atoms with Gasteiger partial charge < -0.3 is 15.7 Å². The van der Waals surface area contributed by atoms with E-state index < -0.39 is 10.0 Å². The molecule has 3 aliphatic carbocycles. The van der Waals surface area contributed by atoms with E-state index in [2.05, 4.69) is 49.4 Å². The van der Waals surface area contributed by atoms with Crippen molar-refractivity contribution in [3.8, 4) is 23.2 Å². The molecule has 0 bridgehead atoms. The van der Waals surface area contributed by atoms with Crippen LogP contribution in [0.3, 0.4) is 0 Å². The highest BCUT2D eigenvalue weighted by Gasteiger charge is 2.38. The van der Waals surface area contributed by atoms with Crippen LogP contribution in [0.1, 0.15) is 63.9 Å². The third-order valence-electron chi connectivity index (χ3n) is 7.74. The summed E-state index contributed by atoms with van der Waals surface area (Å²) in [6.07, 6.45) is 13.5. The number of nitrogens with zero attached hydrogens (tertiary/aromatic N) is 5. The Morgan fingerprint density at radius 2 is 1.90 bits per heavy atom. The second kappa shape index (κ2) is 10.2. The maximum absolute atomic E-state index is 12.5. The van der Waals surface area contributed by atoms with Crippen molar-refractivity contribution < 1.29 is 13.5 Å². The molecule has 0 amide bonds. The Morgan fingerprint density at radius 1 is 1.10 bits per heavy atom. The van der Waals surface area contributed by atoms with Crippen molar-refractivity contribution in [2.45, 2.75) is 69.6 Å². The fourth-order valence-corrected chi connectivity index (χ4v) is 6.16. The Kier molecular flexibility index (Phi) is 6.77. The zero-order valence-corrected chi connectivity index (χ0v) is 22.8. The van der Waals surface area contributed by atoms with Crippen LogP contribution < -0.4 is 10.6 Å². The molecule has 3 saturated carbocycles. The summed E-state index contributed by atoms with van der Waals surface area (Å²) in [5.74, 6) is 8.74. The maximum Gasteiger partial charge on any atom is 0.256 e. The number of pyridine rings is 1. The van der Waals surface area contributed by atoms with E-state index in [9.17, 15) is 13.5 Å². The van der Waals surface area contributed by atoms with Gasteiger partial charge in [0.2, 0.25) is 0 Å². The van der Waals surface area contributed by atoms with Crippen LogP contribution in [0.4, 0.5) is 17.3 Å². The maximum atomic E-state index is 12.5. The highest BCUT2D eigenvalue weighted by Crippen LogP contribution is 2.44. The normalized spacial score (nSPS) is 22.0. The third kappa shape index (κ3) is 6.07. The number of aliphatic hydroxyl groups excluding tert-OH is 1. The molecule has 3 N–H and O–H groups in total. The molecule has 10 nitrogen and oxygen atoms in total. The molecule has 0 unspecified atom stereocenters. The van der Waals surface area contributed by atoms with Crippen molar-refractivity contribution in [1.82, 2.24) is 24.1 Å². The van der Waals surface area contributed by atoms with Gasteiger partial charge in [-0.2, -0.15) is 9.19 Å². The number of aliphatic hydroxyl groups is 1. The Bertz CT molecular complexity index is 1530. The van der Waals surface area contributed by atoms with Crippen molar-refractivity contribution in [2.75, 3.05) is 17.2 Å². The summed E-state index contributed by atoms with van der Waals surface area (Å²) in [6, 6.07) is 3.68. The first-order chi connectivity index (χ1) is 18.8. The van der Waals surface area contributed by atoms with Crippen molar-refractivity contribution in [3.63, 3.8) is 0 Å². The van der Waals surface area contributed by atoms with Crippen LogP contribution in [-0.4, -0.2) is 55.6 Å². The van der Waals surface area contributed by atoms with Crippen molar-refractivity contribution >= 4 is 27.3 Å². The zero-order chi connectivity index (χ0) is 27.0. The van der Waals surface area contributed by atoms with Crippen molar-refractivity contribution in [3.05, 3.63) is 42.5 Å². The first kappa shape index (κ1) is 25.8. The average molecular weight is 548 g/mol. The molecule has 0 radical (unpaired) electrons. The standard InChI is InChI=1S/C28H33N7O3S/c1-28(11-12-28)10-8-20-16-31-26(14-24(20)30-15-19-2-4-22(36)5-3-19)33-25-9-13-29-27(34-25)21-17-32-35(18-21)39(37,38)23-6-7-23/h9,13-14,16-19,22-23,36H,2-7,11-12,15H2,1H3,(H2,29,30,31,33,34)/t19-,22-. The molecule has 3 aromatic heterocycles. The summed E-state index contributed by atoms with van der Waals surface area (Å²) in [5, 5.41) is 20.4. The zero-order valence-electron chi connectivity index (χ0n) is 22.0. The minimum absolute atomic E-state index is 0.108. The molecular formula is C28H33N7O3S. The summed E-state index contributed by atoms with van der Waals surface area (Å²) in [6.45, 7) is 3.00. The number of nitrogens with one attached hydrogen (secondary N) is 2. The molecule has 3 fully saturated rings. The van der Waals surface area contributed by atoms with Gasteiger partial charge >= 0.3 is 0 Å². The fraction of sp³-hybridized carbons (Fsp3) is 0.500. The van der Waals surface area contributed by atoms with Gasteiger partial charge in [0.05, 0.1) is 40.6 Å². The number of aromatic nitrogens is 5. The number of anilines is 3. The lowest BCUT2D eigenvalue weighted by atomic mass is 9.87. The first-order valence-corrected chi connectivity index (χ1v) is 15.1. The Balaban J connectivity index is 1.20. The molecule has 3 aromatic rings. The van der Waals surface area contributed by atoms with Gasteiger partial charge in [0.1, 0.15) is 11.6 Å². The Labute approximate surface area is 228 Å². The quantitative estimate of drug-likeness (QED) is 0.359. The summed E-state index contributed by atoms with van der Waals surface area (Å²) >= 11 is 0. The molecule has 3 aliphatic rings. The van der Waals surface area contributed by atoms with Gasteiger partial charge in [-0.3, -0.25) is 0 Å². The van der Waals surface area contributed by atoms with Gasteiger partial charge in [-0.25, -0.2) is 23.4 Å². The van der Waals surface area contributed by atoms with Gasteiger partial charge in [-0.1, -0.05) is 11.8 Å².